The van der Waals surface area contributed by atoms with Crippen LogP contribution in [0.25, 0.3) is 0 Å². The zero-order valence-corrected chi connectivity index (χ0v) is 15.3. The van der Waals surface area contributed by atoms with Crippen molar-refractivity contribution in [2.75, 3.05) is 6.61 Å². The summed E-state index contributed by atoms with van der Waals surface area (Å²) in [5, 5.41) is 0. The molecule has 1 aromatic carbocycles. The number of hydrogen-bond donors (Lipinski definition) is 0. The van der Waals surface area contributed by atoms with E-state index in [9.17, 15) is 4.79 Å². The van der Waals surface area contributed by atoms with Crippen LogP contribution in [-0.2, 0) is 0 Å². The lowest BCUT2D eigenvalue weighted by molar-refractivity contribution is 0.0920. The van der Waals surface area contributed by atoms with Crippen LogP contribution in [-0.4, -0.2) is 17.0 Å². The number of ketones is 1. The molecule has 0 bridgehead atoms. The number of aryl methyl sites for hydroxylation is 3. The van der Waals surface area contributed by atoms with E-state index in [1.807, 2.05) is 39.8 Å². The summed E-state index contributed by atoms with van der Waals surface area (Å²) >= 11 is 0. The van der Waals surface area contributed by atoms with Gasteiger partial charge >= 0.3 is 0 Å². The number of rotatable bonds is 5. The fraction of sp³-hybridized carbons (Fsp3) is 0.450. The van der Waals surface area contributed by atoms with Crippen LogP contribution in [0.3, 0.4) is 0 Å². The molecule has 0 spiro atoms. The largest absolute Gasteiger partial charge is 0.485 e. The van der Waals surface area contributed by atoms with E-state index in [4.69, 9.17) is 4.74 Å². The minimum atomic E-state index is 0.0327. The lowest BCUT2D eigenvalue weighted by Gasteiger charge is -2.15. The van der Waals surface area contributed by atoms with Crippen LogP contribution in [0.1, 0.15) is 58.3 Å². The zero-order valence-electron chi connectivity index (χ0n) is 15.3. The molecule has 0 fully saturated rings. The monoisotopic (exact) mass is 313 g/mol. The normalized spacial score (nSPS) is 11.1. The number of carbonyl (C=O) groups is 1. The van der Waals surface area contributed by atoms with Gasteiger partial charge in [0.15, 0.2) is 6.61 Å². The first-order valence-electron chi connectivity index (χ1n) is 8.15. The minimum absolute atomic E-state index is 0.0327. The first-order valence-corrected chi connectivity index (χ1v) is 8.15. The average molecular weight is 313 g/mol. The van der Waals surface area contributed by atoms with Crippen LogP contribution >= 0.6 is 0 Å². The number of nitrogens with zero attached hydrogens (tertiary/aromatic N) is 1. The third-order valence-electron chi connectivity index (χ3n) is 4.52. The molecule has 1 heterocycles. The fourth-order valence-corrected chi connectivity index (χ4v) is 3.22. The van der Waals surface area contributed by atoms with Gasteiger partial charge in [0.05, 0.1) is 0 Å². The van der Waals surface area contributed by atoms with E-state index in [1.54, 1.807) is 0 Å². The molecule has 0 atom stereocenters. The number of aromatic nitrogens is 1. The van der Waals surface area contributed by atoms with E-state index in [0.29, 0.717) is 6.04 Å². The molecule has 0 amide bonds. The van der Waals surface area contributed by atoms with E-state index < -0.39 is 0 Å². The molecule has 0 saturated carbocycles. The van der Waals surface area contributed by atoms with Gasteiger partial charge in [0.2, 0.25) is 5.78 Å². The van der Waals surface area contributed by atoms with Crippen molar-refractivity contribution < 1.29 is 9.53 Å². The summed E-state index contributed by atoms with van der Waals surface area (Å²) in [6, 6.07) is 6.43. The van der Waals surface area contributed by atoms with Crippen molar-refractivity contribution in [1.82, 2.24) is 4.57 Å². The molecule has 0 N–H and O–H groups in total. The van der Waals surface area contributed by atoms with E-state index in [1.165, 1.54) is 5.56 Å². The molecule has 0 radical (unpaired) electrons. The minimum Gasteiger partial charge on any atom is -0.485 e. The first kappa shape index (κ1) is 17.3. The van der Waals surface area contributed by atoms with Gasteiger partial charge in [0.25, 0.3) is 0 Å². The Morgan fingerprint density at radius 3 is 2.26 bits per heavy atom. The van der Waals surface area contributed by atoms with Gasteiger partial charge in [-0.1, -0.05) is 12.1 Å². The predicted molar refractivity (Wildman–Crippen MR) is 94.8 cm³/mol. The Morgan fingerprint density at radius 1 is 1.09 bits per heavy atom. The third kappa shape index (κ3) is 3.34. The number of benzene rings is 1. The van der Waals surface area contributed by atoms with Crippen LogP contribution in [0.2, 0.25) is 0 Å². The zero-order chi connectivity index (χ0) is 17.3. The second-order valence-electron chi connectivity index (χ2n) is 6.61. The molecule has 0 unspecified atom stereocenters. The van der Waals surface area contributed by atoms with Crippen molar-refractivity contribution in [2.45, 2.75) is 54.5 Å². The van der Waals surface area contributed by atoms with Crippen molar-refractivity contribution in [3.63, 3.8) is 0 Å². The van der Waals surface area contributed by atoms with Gasteiger partial charge in [-0.15, -0.1) is 0 Å². The van der Waals surface area contributed by atoms with Crippen molar-refractivity contribution in [1.29, 1.82) is 0 Å². The smallest absolute Gasteiger partial charge is 0.202 e. The number of hydrogen-bond acceptors (Lipinski definition) is 2. The highest BCUT2D eigenvalue weighted by Crippen LogP contribution is 2.26. The third-order valence-corrected chi connectivity index (χ3v) is 4.52. The standard InChI is InChI=1S/C20H27NO2/c1-12(2)21-15(5)10-18(17(21)7)19(22)11-23-20-14(4)9-8-13(3)16(20)6/h8-10,12H,11H2,1-7H3. The van der Waals surface area contributed by atoms with Crippen molar-refractivity contribution in [3.05, 3.63) is 51.8 Å². The molecule has 3 nitrogen and oxygen atoms in total. The molecule has 23 heavy (non-hydrogen) atoms. The topological polar surface area (TPSA) is 31.2 Å². The Balaban J connectivity index is 2.22. The summed E-state index contributed by atoms with van der Waals surface area (Å²) in [6.45, 7) is 14.5. The van der Waals surface area contributed by atoms with E-state index in [0.717, 1.165) is 33.8 Å². The summed E-state index contributed by atoms with van der Waals surface area (Å²) in [7, 11) is 0. The summed E-state index contributed by atoms with van der Waals surface area (Å²) in [5.74, 6) is 0.862. The fourth-order valence-electron chi connectivity index (χ4n) is 3.22. The summed E-state index contributed by atoms with van der Waals surface area (Å²) in [4.78, 5) is 12.6. The van der Waals surface area contributed by atoms with E-state index in [2.05, 4.69) is 31.4 Å². The van der Waals surface area contributed by atoms with Gasteiger partial charge in [-0.2, -0.15) is 0 Å². The van der Waals surface area contributed by atoms with Gasteiger partial charge in [0.1, 0.15) is 5.75 Å². The van der Waals surface area contributed by atoms with Crippen LogP contribution in [0.15, 0.2) is 18.2 Å². The molecular formula is C20H27NO2. The van der Waals surface area contributed by atoms with Crippen molar-refractivity contribution >= 4 is 5.78 Å². The lowest BCUT2D eigenvalue weighted by Crippen LogP contribution is -2.14. The maximum atomic E-state index is 12.6. The number of carbonyl (C=O) groups excluding carboxylic acids is 1. The number of Topliss-reactive ketones (excluding diaryl/α,β-unsaturated/α-hetero) is 1. The SMILES string of the molecule is Cc1ccc(C)c(OCC(=O)c2cc(C)n(C(C)C)c2C)c1C. The molecule has 0 aliphatic carbocycles. The van der Waals surface area contributed by atoms with E-state index >= 15 is 0 Å². The van der Waals surface area contributed by atoms with Gasteiger partial charge in [-0.3, -0.25) is 4.79 Å². The predicted octanol–water partition coefficient (Wildman–Crippen LogP) is 4.87. The van der Waals surface area contributed by atoms with Crippen molar-refractivity contribution in [2.24, 2.45) is 0 Å². The Hall–Kier alpha value is -2.03. The maximum Gasteiger partial charge on any atom is 0.202 e. The molecule has 0 saturated heterocycles. The van der Waals surface area contributed by atoms with Gasteiger partial charge in [-0.05, 0) is 71.2 Å². The summed E-state index contributed by atoms with van der Waals surface area (Å²) in [6.07, 6.45) is 0. The average Bonchev–Trinajstić information content (AvgIpc) is 2.78. The second-order valence-corrected chi connectivity index (χ2v) is 6.61. The molecule has 3 heteroatoms. The molecule has 0 aliphatic heterocycles. The summed E-state index contributed by atoms with van der Waals surface area (Å²) < 4.78 is 8.06. The highest BCUT2D eigenvalue weighted by Gasteiger charge is 2.18. The highest BCUT2D eigenvalue weighted by atomic mass is 16.5. The van der Waals surface area contributed by atoms with Crippen LogP contribution in [0.5, 0.6) is 5.75 Å². The Kier molecular flexibility index (Phi) is 4.98. The lowest BCUT2D eigenvalue weighted by atomic mass is 10.1. The maximum absolute atomic E-state index is 12.6. The van der Waals surface area contributed by atoms with Crippen LogP contribution in [0.4, 0.5) is 0 Å². The molecule has 2 aromatic rings. The number of ether oxygens (including phenoxy) is 1. The van der Waals surface area contributed by atoms with E-state index in [-0.39, 0.29) is 12.4 Å². The van der Waals surface area contributed by atoms with Crippen LogP contribution < -0.4 is 4.74 Å². The summed E-state index contributed by atoms with van der Waals surface area (Å²) in [5.41, 5.74) is 6.24. The Bertz CT molecular complexity index is 739. The van der Waals surface area contributed by atoms with Gasteiger partial charge in [0, 0.05) is 23.0 Å². The molecule has 2 rings (SSSR count). The van der Waals surface area contributed by atoms with Gasteiger partial charge in [-0.25, -0.2) is 0 Å². The molecular weight excluding hydrogens is 286 g/mol. The first-order chi connectivity index (χ1) is 10.7. The van der Waals surface area contributed by atoms with Crippen LogP contribution in [0, 0.1) is 34.6 Å². The Labute approximate surface area is 139 Å². The molecule has 0 aliphatic rings. The van der Waals surface area contributed by atoms with Gasteiger partial charge < -0.3 is 9.30 Å². The highest BCUT2D eigenvalue weighted by molar-refractivity contribution is 5.98. The van der Waals surface area contributed by atoms with Crippen molar-refractivity contribution in [3.8, 4) is 5.75 Å². The quantitative estimate of drug-likeness (QED) is 0.737. The molecule has 124 valence electrons. The molecule has 1 aromatic heterocycles. The Morgan fingerprint density at radius 2 is 1.70 bits per heavy atom. The second kappa shape index (κ2) is 6.61.